The average Bonchev–Trinajstić information content (AvgIpc) is 2.46. The van der Waals surface area contributed by atoms with Gasteiger partial charge in [-0.3, -0.25) is 4.79 Å². The van der Waals surface area contributed by atoms with Crippen LogP contribution in [0.4, 0.5) is 11.4 Å². The first-order valence-corrected chi connectivity index (χ1v) is 7.05. The van der Waals surface area contributed by atoms with Crippen LogP contribution in [0.3, 0.4) is 0 Å². The number of carbonyl (C=O) groups excluding carboxylic acids is 2. The highest BCUT2D eigenvalue weighted by Gasteiger charge is 2.19. The number of likely N-dealkylation sites (N-methyl/N-ethyl adjacent to an activating group) is 1. The molecule has 21 heavy (non-hydrogen) atoms. The lowest BCUT2D eigenvalue weighted by Gasteiger charge is -2.25. The predicted molar refractivity (Wildman–Crippen MR) is 83.4 cm³/mol. The normalized spacial score (nSPS) is 10.0. The van der Waals surface area contributed by atoms with Crippen molar-refractivity contribution in [3.63, 3.8) is 0 Å². The van der Waals surface area contributed by atoms with Crippen LogP contribution in [0.15, 0.2) is 18.2 Å². The Morgan fingerprint density at radius 3 is 2.62 bits per heavy atom. The third-order valence-electron chi connectivity index (χ3n) is 2.96. The van der Waals surface area contributed by atoms with Gasteiger partial charge in [0.05, 0.1) is 24.4 Å². The zero-order chi connectivity index (χ0) is 15.8. The van der Waals surface area contributed by atoms with Crippen LogP contribution >= 0.6 is 0 Å². The molecule has 0 saturated heterocycles. The molecule has 0 unspecified atom stereocenters. The van der Waals surface area contributed by atoms with E-state index in [4.69, 9.17) is 10.5 Å². The number of esters is 1. The summed E-state index contributed by atoms with van der Waals surface area (Å²) >= 11 is 0. The van der Waals surface area contributed by atoms with Crippen LogP contribution in [-0.4, -0.2) is 38.6 Å². The fourth-order valence-electron chi connectivity index (χ4n) is 2.01. The third kappa shape index (κ3) is 4.66. The second-order valence-electron chi connectivity index (χ2n) is 4.59. The summed E-state index contributed by atoms with van der Waals surface area (Å²) in [5.74, 6) is -0.548. The lowest BCUT2D eigenvalue weighted by Crippen LogP contribution is -2.37. The smallest absolute Gasteiger partial charge is 0.340 e. The summed E-state index contributed by atoms with van der Waals surface area (Å²) in [6.45, 7) is 4.89. The molecule has 1 aromatic rings. The van der Waals surface area contributed by atoms with Gasteiger partial charge in [-0.25, -0.2) is 4.79 Å². The molecule has 0 aliphatic heterocycles. The molecule has 6 nitrogen and oxygen atoms in total. The van der Waals surface area contributed by atoms with E-state index < -0.39 is 5.97 Å². The van der Waals surface area contributed by atoms with Crippen molar-refractivity contribution in [2.24, 2.45) is 0 Å². The molecule has 0 heterocycles. The Morgan fingerprint density at radius 2 is 2.05 bits per heavy atom. The molecule has 0 radical (unpaired) electrons. The summed E-state index contributed by atoms with van der Waals surface area (Å²) in [6, 6.07) is 5.05. The molecule has 0 bridgehead atoms. The van der Waals surface area contributed by atoms with Gasteiger partial charge in [-0.1, -0.05) is 6.92 Å². The standard InChI is InChI=1S/C15H23N3O3/c1-4-8-18(10-14(19)17-3)13-7-6-11(16)9-12(13)15(20)21-5-2/h6-7,9H,4-5,8,10,16H2,1-3H3,(H,17,19). The number of nitrogens with zero attached hydrogens (tertiary/aromatic N) is 1. The minimum atomic E-state index is -0.433. The van der Waals surface area contributed by atoms with Crippen LogP contribution in [-0.2, 0) is 9.53 Å². The van der Waals surface area contributed by atoms with Crippen molar-refractivity contribution in [1.82, 2.24) is 5.32 Å². The maximum Gasteiger partial charge on any atom is 0.340 e. The second-order valence-corrected chi connectivity index (χ2v) is 4.59. The topological polar surface area (TPSA) is 84.7 Å². The summed E-state index contributed by atoms with van der Waals surface area (Å²) in [5.41, 5.74) is 7.29. The number of hydrogen-bond acceptors (Lipinski definition) is 5. The zero-order valence-corrected chi connectivity index (χ0v) is 12.8. The number of ether oxygens (including phenoxy) is 1. The van der Waals surface area contributed by atoms with E-state index in [1.807, 2.05) is 11.8 Å². The molecule has 0 aliphatic carbocycles. The van der Waals surface area contributed by atoms with Crippen LogP contribution in [0.25, 0.3) is 0 Å². The number of carbonyl (C=O) groups is 2. The van der Waals surface area contributed by atoms with Crippen LogP contribution in [0.2, 0.25) is 0 Å². The number of benzene rings is 1. The molecule has 1 amide bonds. The maximum absolute atomic E-state index is 12.1. The van der Waals surface area contributed by atoms with Crippen LogP contribution in [0.1, 0.15) is 30.6 Å². The Bertz CT molecular complexity index is 503. The van der Waals surface area contributed by atoms with Gasteiger partial charge in [-0.15, -0.1) is 0 Å². The van der Waals surface area contributed by atoms with Crippen molar-refractivity contribution in [1.29, 1.82) is 0 Å². The molecule has 116 valence electrons. The molecule has 3 N–H and O–H groups in total. The highest BCUT2D eigenvalue weighted by atomic mass is 16.5. The van der Waals surface area contributed by atoms with Crippen molar-refractivity contribution in [3.05, 3.63) is 23.8 Å². The SMILES string of the molecule is CCCN(CC(=O)NC)c1ccc(N)cc1C(=O)OCC. The molecular formula is C15H23N3O3. The van der Waals surface area contributed by atoms with Crippen LogP contribution < -0.4 is 16.0 Å². The summed E-state index contributed by atoms with van der Waals surface area (Å²) in [6.07, 6.45) is 0.851. The molecule has 0 fully saturated rings. The van der Waals surface area contributed by atoms with Gasteiger partial charge in [0.25, 0.3) is 0 Å². The van der Waals surface area contributed by atoms with E-state index in [1.165, 1.54) is 0 Å². The summed E-state index contributed by atoms with van der Waals surface area (Å²) in [7, 11) is 1.59. The van der Waals surface area contributed by atoms with Crippen molar-refractivity contribution < 1.29 is 14.3 Å². The molecule has 0 spiro atoms. The van der Waals surface area contributed by atoms with E-state index in [2.05, 4.69) is 5.32 Å². The number of anilines is 2. The number of nitrogens with one attached hydrogen (secondary N) is 1. The van der Waals surface area contributed by atoms with E-state index in [-0.39, 0.29) is 19.1 Å². The largest absolute Gasteiger partial charge is 0.462 e. The van der Waals surface area contributed by atoms with Crippen LogP contribution in [0, 0.1) is 0 Å². The molecule has 0 aliphatic rings. The van der Waals surface area contributed by atoms with Crippen molar-refractivity contribution in [2.75, 3.05) is 37.4 Å². The highest BCUT2D eigenvalue weighted by molar-refractivity contribution is 5.97. The minimum Gasteiger partial charge on any atom is -0.462 e. The number of hydrogen-bond donors (Lipinski definition) is 2. The first-order valence-electron chi connectivity index (χ1n) is 7.05. The Kier molecular flexibility index (Phi) is 6.52. The maximum atomic E-state index is 12.1. The quantitative estimate of drug-likeness (QED) is 0.586. The highest BCUT2D eigenvalue weighted by Crippen LogP contribution is 2.24. The van der Waals surface area contributed by atoms with Gasteiger partial charge in [0.2, 0.25) is 5.91 Å². The summed E-state index contributed by atoms with van der Waals surface area (Å²) < 4.78 is 5.06. The fourth-order valence-corrected chi connectivity index (χ4v) is 2.01. The van der Waals surface area contributed by atoms with E-state index in [0.29, 0.717) is 23.5 Å². The fraction of sp³-hybridized carbons (Fsp3) is 0.467. The van der Waals surface area contributed by atoms with E-state index in [9.17, 15) is 9.59 Å². The number of nitrogens with two attached hydrogens (primary N) is 1. The van der Waals surface area contributed by atoms with Gasteiger partial charge in [0.1, 0.15) is 0 Å². The van der Waals surface area contributed by atoms with E-state index in [0.717, 1.165) is 6.42 Å². The Balaban J connectivity index is 3.16. The number of amides is 1. The van der Waals surface area contributed by atoms with Gasteiger partial charge in [0, 0.05) is 19.3 Å². The lowest BCUT2D eigenvalue weighted by molar-refractivity contribution is -0.119. The monoisotopic (exact) mass is 293 g/mol. The second kappa shape index (κ2) is 8.14. The predicted octanol–water partition coefficient (Wildman–Crippen LogP) is 1.41. The van der Waals surface area contributed by atoms with Gasteiger partial charge in [-0.05, 0) is 31.5 Å². The van der Waals surface area contributed by atoms with Crippen molar-refractivity contribution in [2.45, 2.75) is 20.3 Å². The van der Waals surface area contributed by atoms with Crippen molar-refractivity contribution in [3.8, 4) is 0 Å². The molecule has 0 aromatic heterocycles. The van der Waals surface area contributed by atoms with Gasteiger partial charge in [0.15, 0.2) is 0 Å². The lowest BCUT2D eigenvalue weighted by atomic mass is 10.1. The average molecular weight is 293 g/mol. The zero-order valence-electron chi connectivity index (χ0n) is 12.8. The van der Waals surface area contributed by atoms with Gasteiger partial charge in [-0.2, -0.15) is 0 Å². The third-order valence-corrected chi connectivity index (χ3v) is 2.96. The number of nitrogen functional groups attached to an aromatic ring is 1. The van der Waals surface area contributed by atoms with E-state index in [1.54, 1.807) is 32.2 Å². The van der Waals surface area contributed by atoms with Crippen molar-refractivity contribution >= 4 is 23.3 Å². The summed E-state index contributed by atoms with van der Waals surface area (Å²) in [4.78, 5) is 25.6. The molecule has 1 rings (SSSR count). The Labute approximate surface area is 125 Å². The molecular weight excluding hydrogens is 270 g/mol. The molecule has 0 atom stereocenters. The molecule has 1 aromatic carbocycles. The summed E-state index contributed by atoms with van der Waals surface area (Å²) in [5, 5.41) is 2.59. The Hall–Kier alpha value is -2.24. The minimum absolute atomic E-state index is 0.116. The molecule has 6 heteroatoms. The van der Waals surface area contributed by atoms with Gasteiger partial charge >= 0.3 is 5.97 Å². The van der Waals surface area contributed by atoms with E-state index >= 15 is 0 Å². The molecule has 0 saturated carbocycles. The Morgan fingerprint density at radius 1 is 1.33 bits per heavy atom. The van der Waals surface area contributed by atoms with Crippen LogP contribution in [0.5, 0.6) is 0 Å². The first kappa shape index (κ1) is 16.8. The number of rotatable bonds is 7. The first-order chi connectivity index (χ1) is 10.0. The van der Waals surface area contributed by atoms with Gasteiger partial charge < -0.3 is 20.7 Å².